The molecule has 2 nitrogen and oxygen atoms in total. The minimum Gasteiger partial charge on any atom is -0.361 e. The van der Waals surface area contributed by atoms with Crippen LogP contribution < -0.4 is 4.90 Å². The van der Waals surface area contributed by atoms with Gasteiger partial charge in [-0.25, -0.2) is 0 Å². The number of halogens is 1. The van der Waals surface area contributed by atoms with Crippen molar-refractivity contribution in [2.24, 2.45) is 0 Å². The van der Waals surface area contributed by atoms with Crippen LogP contribution in [0.15, 0.2) is 53.0 Å². The second-order valence-corrected chi connectivity index (χ2v) is 7.12. The Balaban J connectivity index is 1.67. The summed E-state index contributed by atoms with van der Waals surface area (Å²) in [6.07, 6.45) is 2.54. The molecule has 21 heavy (non-hydrogen) atoms. The van der Waals surface area contributed by atoms with Crippen molar-refractivity contribution in [3.8, 4) is 0 Å². The van der Waals surface area contributed by atoms with Crippen molar-refractivity contribution in [2.45, 2.75) is 24.9 Å². The summed E-state index contributed by atoms with van der Waals surface area (Å²) >= 11 is 3.54. The average Bonchev–Trinajstić information content (AvgIpc) is 3.30. The highest BCUT2D eigenvalue weighted by Crippen LogP contribution is 2.52. The molecule has 1 heterocycles. The molecule has 1 aliphatic heterocycles. The van der Waals surface area contributed by atoms with E-state index in [2.05, 4.69) is 81.3 Å². The summed E-state index contributed by atoms with van der Waals surface area (Å²) in [5.74, 6) is 0. The van der Waals surface area contributed by atoms with Gasteiger partial charge in [-0.15, -0.1) is 0 Å². The Hall–Kier alpha value is -1.32. The molecule has 108 valence electrons. The van der Waals surface area contributed by atoms with Crippen LogP contribution >= 0.6 is 15.9 Å². The minimum atomic E-state index is 0.252. The van der Waals surface area contributed by atoms with Gasteiger partial charge >= 0.3 is 0 Å². The fraction of sp³-hybridized carbons (Fsp3) is 0.333. The maximum Gasteiger partial charge on any atom is 0.0714 e. The standard InChI is InChI=1S/C18H19BrN2/c1-20-13-21(12-14-4-2-3-5-17(14)20)18(10-11-18)15-6-8-16(19)9-7-15/h2-9H,10-13H2,1H3. The van der Waals surface area contributed by atoms with Crippen molar-refractivity contribution >= 4 is 21.6 Å². The molecule has 0 saturated heterocycles. The summed E-state index contributed by atoms with van der Waals surface area (Å²) < 4.78 is 1.16. The van der Waals surface area contributed by atoms with Gasteiger partial charge in [-0.2, -0.15) is 0 Å². The van der Waals surface area contributed by atoms with Gasteiger partial charge in [-0.1, -0.05) is 46.3 Å². The van der Waals surface area contributed by atoms with Crippen LogP contribution in [0.2, 0.25) is 0 Å². The second-order valence-electron chi connectivity index (χ2n) is 6.20. The van der Waals surface area contributed by atoms with Gasteiger partial charge in [-0.3, -0.25) is 4.90 Å². The SMILES string of the molecule is CN1CN(C2(c3ccc(Br)cc3)CC2)Cc2ccccc21. The summed E-state index contributed by atoms with van der Waals surface area (Å²) in [6, 6.07) is 17.6. The quantitative estimate of drug-likeness (QED) is 0.800. The van der Waals surface area contributed by atoms with Crippen molar-refractivity contribution in [1.29, 1.82) is 0 Å². The zero-order valence-electron chi connectivity index (χ0n) is 12.2. The highest BCUT2D eigenvalue weighted by Gasteiger charge is 2.50. The Morgan fingerprint density at radius 2 is 1.71 bits per heavy atom. The van der Waals surface area contributed by atoms with E-state index in [1.165, 1.54) is 29.7 Å². The van der Waals surface area contributed by atoms with Gasteiger partial charge in [0.05, 0.1) is 6.67 Å². The molecule has 0 atom stereocenters. The van der Waals surface area contributed by atoms with Crippen LogP contribution in [0.5, 0.6) is 0 Å². The molecule has 0 N–H and O–H groups in total. The normalized spacial score (nSPS) is 20.2. The van der Waals surface area contributed by atoms with E-state index in [1.54, 1.807) is 0 Å². The van der Waals surface area contributed by atoms with Gasteiger partial charge < -0.3 is 4.90 Å². The highest BCUT2D eigenvalue weighted by atomic mass is 79.9. The molecule has 4 rings (SSSR count). The van der Waals surface area contributed by atoms with Crippen LogP contribution in [-0.4, -0.2) is 18.6 Å². The fourth-order valence-corrected chi connectivity index (χ4v) is 3.82. The maximum atomic E-state index is 3.54. The summed E-state index contributed by atoms with van der Waals surface area (Å²) in [7, 11) is 2.20. The Bertz CT molecular complexity index is 661. The summed E-state index contributed by atoms with van der Waals surface area (Å²) in [4.78, 5) is 5.01. The van der Waals surface area contributed by atoms with Gasteiger partial charge in [0.1, 0.15) is 0 Å². The first-order chi connectivity index (χ1) is 10.2. The van der Waals surface area contributed by atoms with Crippen molar-refractivity contribution in [3.63, 3.8) is 0 Å². The molecular formula is C18H19BrN2. The summed E-state index contributed by atoms with van der Waals surface area (Å²) in [6.45, 7) is 2.06. The van der Waals surface area contributed by atoms with E-state index < -0.39 is 0 Å². The average molecular weight is 343 g/mol. The lowest BCUT2D eigenvalue weighted by Crippen LogP contribution is -2.45. The number of nitrogens with zero attached hydrogens (tertiary/aromatic N) is 2. The van der Waals surface area contributed by atoms with Crippen molar-refractivity contribution in [1.82, 2.24) is 4.90 Å². The van der Waals surface area contributed by atoms with Gasteiger partial charge in [0.2, 0.25) is 0 Å². The Morgan fingerprint density at radius 3 is 2.43 bits per heavy atom. The zero-order chi connectivity index (χ0) is 14.4. The first-order valence-corrected chi connectivity index (χ1v) is 8.28. The van der Waals surface area contributed by atoms with Gasteiger partial charge in [0, 0.05) is 29.3 Å². The van der Waals surface area contributed by atoms with E-state index in [9.17, 15) is 0 Å². The number of benzene rings is 2. The number of hydrogen-bond acceptors (Lipinski definition) is 2. The molecule has 2 aliphatic rings. The van der Waals surface area contributed by atoms with Crippen LogP contribution in [0.3, 0.4) is 0 Å². The lowest BCUT2D eigenvalue weighted by atomic mass is 10.0. The van der Waals surface area contributed by atoms with Crippen molar-refractivity contribution in [3.05, 3.63) is 64.1 Å². The van der Waals surface area contributed by atoms with E-state index in [0.717, 1.165) is 17.7 Å². The van der Waals surface area contributed by atoms with Crippen LogP contribution in [0.1, 0.15) is 24.0 Å². The maximum absolute atomic E-state index is 3.54. The number of hydrogen-bond donors (Lipinski definition) is 0. The number of anilines is 1. The van der Waals surface area contributed by atoms with Crippen LogP contribution in [0, 0.1) is 0 Å². The largest absolute Gasteiger partial charge is 0.361 e. The van der Waals surface area contributed by atoms with Crippen LogP contribution in [0.25, 0.3) is 0 Å². The molecule has 1 saturated carbocycles. The molecule has 3 heteroatoms. The lowest BCUT2D eigenvalue weighted by molar-refractivity contribution is 0.161. The van der Waals surface area contributed by atoms with Gasteiger partial charge in [-0.05, 0) is 42.2 Å². The van der Waals surface area contributed by atoms with Gasteiger partial charge in [0.25, 0.3) is 0 Å². The zero-order valence-corrected chi connectivity index (χ0v) is 13.8. The van der Waals surface area contributed by atoms with E-state index in [-0.39, 0.29) is 5.54 Å². The molecule has 0 spiro atoms. The molecule has 2 aromatic carbocycles. The molecular weight excluding hydrogens is 324 g/mol. The van der Waals surface area contributed by atoms with Gasteiger partial charge in [0.15, 0.2) is 0 Å². The third-order valence-corrected chi connectivity index (χ3v) is 5.39. The van der Waals surface area contributed by atoms with Crippen LogP contribution in [-0.2, 0) is 12.1 Å². The third kappa shape index (κ3) is 2.19. The molecule has 0 aromatic heterocycles. The predicted octanol–water partition coefficient (Wildman–Crippen LogP) is 4.35. The van der Waals surface area contributed by atoms with E-state index in [4.69, 9.17) is 0 Å². The third-order valence-electron chi connectivity index (χ3n) is 4.86. The molecule has 1 aliphatic carbocycles. The minimum absolute atomic E-state index is 0.252. The number of rotatable bonds is 2. The Kier molecular flexibility index (Phi) is 3.09. The molecule has 0 bridgehead atoms. The van der Waals surface area contributed by atoms with E-state index in [0.29, 0.717) is 0 Å². The lowest BCUT2D eigenvalue weighted by Gasteiger charge is -2.41. The molecule has 2 aromatic rings. The Morgan fingerprint density at radius 1 is 1.00 bits per heavy atom. The number of fused-ring (bicyclic) bond motifs is 1. The second kappa shape index (κ2) is 4.85. The molecule has 1 fully saturated rings. The van der Waals surface area contributed by atoms with Crippen LogP contribution in [0.4, 0.5) is 5.69 Å². The first-order valence-electron chi connectivity index (χ1n) is 7.49. The molecule has 0 unspecified atom stereocenters. The van der Waals surface area contributed by atoms with E-state index >= 15 is 0 Å². The van der Waals surface area contributed by atoms with Crippen molar-refractivity contribution in [2.75, 3.05) is 18.6 Å². The molecule has 0 radical (unpaired) electrons. The monoisotopic (exact) mass is 342 g/mol. The van der Waals surface area contributed by atoms with E-state index in [1.807, 2.05) is 0 Å². The Labute approximate surface area is 134 Å². The fourth-order valence-electron chi connectivity index (χ4n) is 3.56. The number of para-hydroxylation sites is 1. The highest BCUT2D eigenvalue weighted by molar-refractivity contribution is 9.10. The summed E-state index contributed by atoms with van der Waals surface area (Å²) in [5, 5.41) is 0. The molecule has 0 amide bonds. The topological polar surface area (TPSA) is 6.48 Å². The summed E-state index contributed by atoms with van der Waals surface area (Å²) in [5.41, 5.74) is 4.52. The predicted molar refractivity (Wildman–Crippen MR) is 90.3 cm³/mol. The first kappa shape index (κ1) is 13.4. The van der Waals surface area contributed by atoms with Crippen molar-refractivity contribution < 1.29 is 0 Å². The smallest absolute Gasteiger partial charge is 0.0714 e.